The molecule has 4 heterocycles. The molecule has 5 aliphatic rings. The first-order chi connectivity index (χ1) is 27.2. The molecule has 0 unspecified atom stereocenters. The van der Waals surface area contributed by atoms with E-state index < -0.39 is 79.8 Å². The van der Waals surface area contributed by atoms with Crippen LogP contribution in [0.5, 0.6) is 11.5 Å². The fraction of sp³-hybridized carbons (Fsp3) is 0.625. The summed E-state index contributed by atoms with van der Waals surface area (Å²) in [5, 5.41) is 5.99. The molecule has 58 heavy (non-hydrogen) atoms. The van der Waals surface area contributed by atoms with Gasteiger partial charge in [-0.05, 0) is 89.3 Å². The zero-order valence-corrected chi connectivity index (χ0v) is 33.8. The molecule has 0 radical (unpaired) electrons. The van der Waals surface area contributed by atoms with Crippen LogP contribution in [-0.4, -0.2) is 89.6 Å². The minimum Gasteiger partial charge on any atom is -0.483 e. The summed E-state index contributed by atoms with van der Waals surface area (Å²) in [4.78, 5) is 62.2. The third-order valence-electron chi connectivity index (χ3n) is 12.0. The van der Waals surface area contributed by atoms with E-state index in [0.29, 0.717) is 66.4 Å². The Bertz CT molecular complexity index is 2140. The number of sulfonamides is 1. The number of rotatable bonds is 7. The molecule has 2 aliphatic carbocycles. The van der Waals surface area contributed by atoms with Gasteiger partial charge in [-0.15, -0.1) is 13.2 Å². The molecule has 2 aromatic rings. The molecule has 18 heteroatoms. The molecule has 1 saturated heterocycles. The number of carbonyl (C=O) groups is 4. The van der Waals surface area contributed by atoms with E-state index in [9.17, 15) is 40.8 Å². The van der Waals surface area contributed by atoms with Crippen LogP contribution in [-0.2, 0) is 35.6 Å². The first-order valence-electron chi connectivity index (χ1n) is 19.9. The maximum atomic E-state index is 14.7. The van der Waals surface area contributed by atoms with Crippen molar-refractivity contribution in [2.75, 3.05) is 13.2 Å². The highest BCUT2D eigenvalue weighted by molar-refractivity contribution is 7.91. The van der Waals surface area contributed by atoms with Crippen molar-refractivity contribution in [2.45, 2.75) is 133 Å². The molecule has 3 fully saturated rings. The van der Waals surface area contributed by atoms with Gasteiger partial charge in [0.2, 0.25) is 21.8 Å². The lowest BCUT2D eigenvalue weighted by molar-refractivity contribution is -0.274. The number of nitrogens with one attached hydrogen (secondary N) is 3. The Labute approximate surface area is 335 Å². The van der Waals surface area contributed by atoms with Crippen LogP contribution in [0.25, 0.3) is 10.9 Å². The molecule has 4 amide bonds. The van der Waals surface area contributed by atoms with Crippen molar-refractivity contribution in [1.82, 2.24) is 25.2 Å². The van der Waals surface area contributed by atoms with E-state index in [1.54, 1.807) is 13.8 Å². The van der Waals surface area contributed by atoms with Gasteiger partial charge in [0.15, 0.2) is 0 Å². The molecule has 2 saturated carbocycles. The minimum atomic E-state index is -4.91. The van der Waals surface area contributed by atoms with E-state index >= 15 is 0 Å². The number of alkyl halides is 3. The maximum absolute atomic E-state index is 14.7. The molecule has 316 valence electrons. The summed E-state index contributed by atoms with van der Waals surface area (Å²) in [5.41, 5.74) is -1.28. The summed E-state index contributed by atoms with van der Waals surface area (Å²) in [6.45, 7) is 7.02. The van der Waals surface area contributed by atoms with Gasteiger partial charge in [0.25, 0.3) is 5.91 Å². The molecule has 1 aromatic carbocycles. The van der Waals surface area contributed by atoms with Crippen LogP contribution in [0.2, 0.25) is 0 Å². The van der Waals surface area contributed by atoms with Gasteiger partial charge >= 0.3 is 12.5 Å². The van der Waals surface area contributed by atoms with Crippen LogP contribution < -0.4 is 24.8 Å². The van der Waals surface area contributed by atoms with Gasteiger partial charge in [-0.2, -0.15) is 0 Å². The lowest BCUT2D eigenvalue weighted by Gasteiger charge is -2.36. The van der Waals surface area contributed by atoms with Crippen molar-refractivity contribution in [3.05, 3.63) is 41.6 Å². The molecular weight excluding hydrogens is 784 g/mol. The summed E-state index contributed by atoms with van der Waals surface area (Å²) in [6, 6.07) is 1.59. The SMILES string of the molecule is Cc1nc2ccc(OC(F)(F)F)cc2c2c1O[C@]1(CC2)C[C@H]2C(=O)N[C@]3(C(=O)NS(=O)(=O)C4(C)CC4)C[C@H]3/C=C\CCCCC[C@H](NC(=O)OCC(C)C)C(=O)N2C1. The van der Waals surface area contributed by atoms with Crippen molar-refractivity contribution in [2.24, 2.45) is 11.8 Å². The number of carbonyl (C=O) groups excluding carboxylic acids is 4. The number of allylic oxidation sites excluding steroid dienone is 1. The Morgan fingerprint density at radius 2 is 1.88 bits per heavy atom. The Morgan fingerprint density at radius 1 is 1.12 bits per heavy atom. The van der Waals surface area contributed by atoms with Gasteiger partial charge in [-0.25, -0.2) is 18.2 Å². The lowest BCUT2D eigenvalue weighted by Crippen LogP contribution is -2.58. The van der Waals surface area contributed by atoms with E-state index in [2.05, 4.69) is 25.1 Å². The molecule has 14 nitrogen and oxygen atoms in total. The number of hydrogen-bond donors (Lipinski definition) is 3. The van der Waals surface area contributed by atoms with Crippen molar-refractivity contribution >= 4 is 44.7 Å². The van der Waals surface area contributed by atoms with E-state index in [1.807, 2.05) is 26.0 Å². The number of fused-ring (bicyclic) bond motifs is 5. The second-order valence-electron chi connectivity index (χ2n) is 17.1. The van der Waals surface area contributed by atoms with Gasteiger partial charge < -0.3 is 29.7 Å². The smallest absolute Gasteiger partial charge is 0.483 e. The Balaban J connectivity index is 1.23. The number of pyridine rings is 1. The van der Waals surface area contributed by atoms with Crippen molar-refractivity contribution in [1.29, 1.82) is 0 Å². The number of halogens is 3. The summed E-state index contributed by atoms with van der Waals surface area (Å²) < 4.78 is 83.2. The molecule has 3 N–H and O–H groups in total. The van der Waals surface area contributed by atoms with Crippen LogP contribution in [0, 0.1) is 18.8 Å². The number of nitrogens with zero attached hydrogens (tertiary/aromatic N) is 2. The zero-order chi connectivity index (χ0) is 41.8. The number of ether oxygens (including phenoxy) is 3. The van der Waals surface area contributed by atoms with Crippen LogP contribution >= 0.6 is 0 Å². The molecule has 1 spiro atoms. The van der Waals surface area contributed by atoms with Gasteiger partial charge in [0.1, 0.15) is 34.7 Å². The summed E-state index contributed by atoms with van der Waals surface area (Å²) >= 11 is 0. The zero-order valence-electron chi connectivity index (χ0n) is 33.0. The predicted octanol–water partition coefficient (Wildman–Crippen LogP) is 5.25. The van der Waals surface area contributed by atoms with Crippen molar-refractivity contribution in [3.63, 3.8) is 0 Å². The quantitative estimate of drug-likeness (QED) is 0.312. The fourth-order valence-corrected chi connectivity index (χ4v) is 9.61. The number of alkyl carbamates (subject to hydrolysis) is 1. The summed E-state index contributed by atoms with van der Waals surface area (Å²) in [5.74, 6) is -2.67. The van der Waals surface area contributed by atoms with Gasteiger partial charge in [-0.3, -0.25) is 19.1 Å². The number of benzene rings is 1. The van der Waals surface area contributed by atoms with Crippen LogP contribution in [0.4, 0.5) is 18.0 Å². The predicted molar refractivity (Wildman–Crippen MR) is 204 cm³/mol. The van der Waals surface area contributed by atoms with Gasteiger partial charge in [-0.1, -0.05) is 38.8 Å². The number of aromatic nitrogens is 1. The number of aryl methyl sites for hydroxylation is 2. The van der Waals surface area contributed by atoms with Crippen LogP contribution in [0.15, 0.2) is 30.4 Å². The fourth-order valence-electron chi connectivity index (χ4n) is 8.29. The average Bonchev–Trinajstić information content (AvgIpc) is 4.04. The molecule has 5 atom stereocenters. The Morgan fingerprint density at radius 3 is 2.59 bits per heavy atom. The maximum Gasteiger partial charge on any atom is 0.573 e. The number of amides is 4. The first kappa shape index (κ1) is 41.5. The van der Waals surface area contributed by atoms with Gasteiger partial charge in [0.05, 0.1) is 29.1 Å². The lowest BCUT2D eigenvalue weighted by atomic mass is 9.87. The van der Waals surface area contributed by atoms with Crippen molar-refractivity contribution in [3.8, 4) is 11.5 Å². The molecule has 0 bridgehead atoms. The van der Waals surface area contributed by atoms with E-state index in [0.717, 1.165) is 6.42 Å². The first-order valence-corrected chi connectivity index (χ1v) is 21.4. The minimum absolute atomic E-state index is 0.0389. The third kappa shape index (κ3) is 8.43. The molecule has 7 rings (SSSR count). The molecule has 3 aliphatic heterocycles. The van der Waals surface area contributed by atoms with Gasteiger partial charge in [0, 0.05) is 23.3 Å². The standard InChI is InChI=1S/C40H50F3N5O9S/c1-23(2)21-55-36(52)45-30-11-9-7-5-6-8-10-25-19-39(25,35(51)47-58(53,54)37(4)16-17-37)46-33(49)31-20-38(22-48(31)34(30)50)15-14-27-28-18-26(56-40(41,42)43)12-13-29(28)44-24(3)32(27)57-38/h8,10,12-13,18,23,25,30-31H,5-7,9,11,14-17,19-22H2,1-4H3,(H,45,52)(H,46,49)(H,47,51)/b10-8-/t25-,30+,31+,38-,39-/m1/s1. The summed E-state index contributed by atoms with van der Waals surface area (Å²) in [7, 11) is -4.05. The Hall–Kier alpha value is -4.61. The van der Waals surface area contributed by atoms with Crippen molar-refractivity contribution < 1.29 is 55.0 Å². The van der Waals surface area contributed by atoms with E-state index in [1.165, 1.54) is 23.1 Å². The topological polar surface area (TPSA) is 182 Å². The number of hydrogen-bond acceptors (Lipinski definition) is 10. The monoisotopic (exact) mass is 833 g/mol. The highest BCUT2D eigenvalue weighted by Crippen LogP contribution is 2.49. The largest absolute Gasteiger partial charge is 0.573 e. The van der Waals surface area contributed by atoms with E-state index in [-0.39, 0.29) is 44.8 Å². The highest BCUT2D eigenvalue weighted by Gasteiger charge is 2.64. The molecule has 1 aromatic heterocycles. The molecular formula is C40H50F3N5O9S. The normalized spacial score (nSPS) is 28.8. The average molecular weight is 834 g/mol. The summed E-state index contributed by atoms with van der Waals surface area (Å²) in [6.07, 6.45) is 2.42. The van der Waals surface area contributed by atoms with Crippen LogP contribution in [0.1, 0.15) is 96.2 Å². The van der Waals surface area contributed by atoms with Crippen LogP contribution in [0.3, 0.4) is 0 Å². The second-order valence-corrected chi connectivity index (χ2v) is 19.3. The highest BCUT2D eigenvalue weighted by atomic mass is 32.2. The Kier molecular flexibility index (Phi) is 10.9. The third-order valence-corrected chi connectivity index (χ3v) is 14.2. The second kappa shape index (κ2) is 15.2. The van der Waals surface area contributed by atoms with E-state index in [4.69, 9.17) is 9.47 Å².